The molecule has 0 saturated heterocycles. The zero-order valence-electron chi connectivity index (χ0n) is 21.9. The molecular formula is C30H32N2O7. The van der Waals surface area contributed by atoms with E-state index in [1.807, 2.05) is 32.0 Å². The normalized spacial score (nSPS) is 12.3. The predicted molar refractivity (Wildman–Crippen MR) is 146 cm³/mol. The van der Waals surface area contributed by atoms with Crippen LogP contribution in [0.4, 0.5) is 0 Å². The van der Waals surface area contributed by atoms with Gasteiger partial charge in [-0.3, -0.25) is 9.59 Å². The van der Waals surface area contributed by atoms with Crippen LogP contribution in [0.1, 0.15) is 35.3 Å². The zero-order valence-corrected chi connectivity index (χ0v) is 21.9. The highest BCUT2D eigenvalue weighted by atomic mass is 16.7. The highest BCUT2D eigenvalue weighted by Gasteiger charge is 2.15. The van der Waals surface area contributed by atoms with Crippen LogP contribution in [0, 0.1) is 0 Å². The minimum Gasteiger partial charge on any atom is -0.493 e. The van der Waals surface area contributed by atoms with Crippen LogP contribution >= 0.6 is 0 Å². The molecule has 9 nitrogen and oxygen atoms in total. The van der Waals surface area contributed by atoms with E-state index >= 15 is 0 Å². The van der Waals surface area contributed by atoms with Crippen molar-refractivity contribution in [1.29, 1.82) is 0 Å². The third-order valence-electron chi connectivity index (χ3n) is 5.67. The number of aliphatic hydroxyl groups excluding tert-OH is 1. The van der Waals surface area contributed by atoms with Crippen LogP contribution in [0.3, 0.4) is 0 Å². The number of amides is 2. The summed E-state index contributed by atoms with van der Waals surface area (Å²) in [5.41, 5.74) is 2.18. The fraction of sp³-hybridized carbons (Fsp3) is 0.267. The second kappa shape index (κ2) is 13.3. The third kappa shape index (κ3) is 7.99. The number of hydrogen-bond acceptors (Lipinski definition) is 7. The highest BCUT2D eigenvalue weighted by Crippen LogP contribution is 2.32. The monoisotopic (exact) mass is 532 g/mol. The number of carbonyl (C=O) groups excluding carboxylic acids is 2. The lowest BCUT2D eigenvalue weighted by molar-refractivity contribution is -0.117. The lowest BCUT2D eigenvalue weighted by atomic mass is 10.1. The molecule has 204 valence electrons. The molecular weight excluding hydrogens is 500 g/mol. The third-order valence-corrected chi connectivity index (χ3v) is 5.67. The Kier molecular flexibility index (Phi) is 9.42. The molecule has 39 heavy (non-hydrogen) atoms. The van der Waals surface area contributed by atoms with Crippen molar-refractivity contribution in [3.63, 3.8) is 0 Å². The van der Waals surface area contributed by atoms with Gasteiger partial charge in [0.25, 0.3) is 11.8 Å². The van der Waals surface area contributed by atoms with Gasteiger partial charge >= 0.3 is 0 Å². The molecule has 0 aromatic heterocycles. The molecule has 0 radical (unpaired) electrons. The smallest absolute Gasteiger partial charge is 0.267 e. The van der Waals surface area contributed by atoms with Crippen molar-refractivity contribution in [3.05, 3.63) is 89.1 Å². The molecule has 1 aliphatic heterocycles. The van der Waals surface area contributed by atoms with Crippen LogP contribution in [0.15, 0.2) is 72.4 Å². The fourth-order valence-corrected chi connectivity index (χ4v) is 3.78. The summed E-state index contributed by atoms with van der Waals surface area (Å²) in [5, 5.41) is 14.3. The van der Waals surface area contributed by atoms with E-state index in [-0.39, 0.29) is 31.7 Å². The Balaban J connectivity index is 1.36. The van der Waals surface area contributed by atoms with Gasteiger partial charge in [0.2, 0.25) is 6.79 Å². The number of hydrogen-bond donors (Lipinski definition) is 3. The molecule has 2 amide bonds. The molecule has 3 aromatic rings. The molecule has 3 N–H and O–H groups in total. The summed E-state index contributed by atoms with van der Waals surface area (Å²) < 4.78 is 22.2. The predicted octanol–water partition coefficient (Wildman–Crippen LogP) is 3.70. The summed E-state index contributed by atoms with van der Waals surface area (Å²) in [6.45, 7) is 4.40. The molecule has 0 fully saturated rings. The zero-order chi connectivity index (χ0) is 27.6. The summed E-state index contributed by atoms with van der Waals surface area (Å²) in [6, 6.07) is 19.6. The maximum Gasteiger partial charge on any atom is 0.267 e. The number of benzene rings is 3. The van der Waals surface area contributed by atoms with Gasteiger partial charge in [-0.05, 0) is 79.6 Å². The lowest BCUT2D eigenvalue weighted by Crippen LogP contribution is -2.36. The minimum absolute atomic E-state index is 0.0392. The van der Waals surface area contributed by atoms with Gasteiger partial charge in [-0.25, -0.2) is 0 Å². The SMILES string of the molecule is CC(C)Oc1ccc(C=C(NC(=O)c2ccc(OCCc3ccc4c(c3)OCO4)cc2)C(=O)NCCO)cc1. The fourth-order valence-electron chi connectivity index (χ4n) is 3.78. The molecule has 0 atom stereocenters. The van der Waals surface area contributed by atoms with Crippen molar-refractivity contribution in [3.8, 4) is 23.0 Å². The Morgan fingerprint density at radius 3 is 2.41 bits per heavy atom. The van der Waals surface area contributed by atoms with Crippen LogP contribution in [0.5, 0.6) is 23.0 Å². The van der Waals surface area contributed by atoms with Gasteiger partial charge in [0, 0.05) is 18.5 Å². The first-order valence-corrected chi connectivity index (χ1v) is 12.7. The van der Waals surface area contributed by atoms with E-state index in [1.165, 1.54) is 0 Å². The Labute approximate surface area is 227 Å². The maximum atomic E-state index is 12.9. The molecule has 0 saturated carbocycles. The van der Waals surface area contributed by atoms with Crippen LogP contribution in [-0.4, -0.2) is 49.6 Å². The number of carbonyl (C=O) groups is 2. The number of fused-ring (bicyclic) bond motifs is 1. The van der Waals surface area contributed by atoms with Crippen LogP contribution in [0.2, 0.25) is 0 Å². The molecule has 0 unspecified atom stereocenters. The van der Waals surface area contributed by atoms with E-state index in [0.29, 0.717) is 35.7 Å². The molecule has 0 bridgehead atoms. The van der Waals surface area contributed by atoms with Gasteiger partial charge in [-0.15, -0.1) is 0 Å². The lowest BCUT2D eigenvalue weighted by Gasteiger charge is -2.12. The van der Waals surface area contributed by atoms with E-state index in [9.17, 15) is 9.59 Å². The average Bonchev–Trinajstić information content (AvgIpc) is 3.40. The van der Waals surface area contributed by atoms with E-state index in [1.54, 1.807) is 54.6 Å². The summed E-state index contributed by atoms with van der Waals surface area (Å²) in [5.74, 6) is 1.84. The van der Waals surface area contributed by atoms with Gasteiger partial charge in [-0.1, -0.05) is 18.2 Å². The Bertz CT molecular complexity index is 1300. The molecule has 1 aliphatic rings. The van der Waals surface area contributed by atoms with Crippen molar-refractivity contribution >= 4 is 17.9 Å². The van der Waals surface area contributed by atoms with Gasteiger partial charge in [0.1, 0.15) is 17.2 Å². The van der Waals surface area contributed by atoms with Crippen molar-refractivity contribution in [1.82, 2.24) is 10.6 Å². The number of nitrogens with one attached hydrogen (secondary N) is 2. The van der Waals surface area contributed by atoms with E-state index in [2.05, 4.69) is 10.6 Å². The first-order chi connectivity index (χ1) is 18.9. The molecule has 0 aliphatic carbocycles. The molecule has 4 rings (SSSR count). The molecule has 0 spiro atoms. The van der Waals surface area contributed by atoms with Crippen LogP contribution < -0.4 is 29.6 Å². The first-order valence-electron chi connectivity index (χ1n) is 12.7. The van der Waals surface area contributed by atoms with Gasteiger partial charge in [0.15, 0.2) is 11.5 Å². The molecule has 1 heterocycles. The van der Waals surface area contributed by atoms with Crippen molar-refractivity contribution in [2.24, 2.45) is 0 Å². The molecule has 9 heteroatoms. The van der Waals surface area contributed by atoms with E-state index < -0.39 is 11.8 Å². The number of ether oxygens (including phenoxy) is 4. The largest absolute Gasteiger partial charge is 0.493 e. The maximum absolute atomic E-state index is 12.9. The molecule has 3 aromatic carbocycles. The Morgan fingerprint density at radius 1 is 0.974 bits per heavy atom. The van der Waals surface area contributed by atoms with Gasteiger partial charge < -0.3 is 34.7 Å². The van der Waals surface area contributed by atoms with Crippen molar-refractivity contribution in [2.45, 2.75) is 26.4 Å². The second-order valence-corrected chi connectivity index (χ2v) is 9.04. The summed E-state index contributed by atoms with van der Waals surface area (Å²) >= 11 is 0. The minimum atomic E-state index is -0.511. The van der Waals surface area contributed by atoms with Crippen molar-refractivity contribution in [2.75, 3.05) is 26.6 Å². The quantitative estimate of drug-likeness (QED) is 0.305. The summed E-state index contributed by atoms with van der Waals surface area (Å²) in [6.07, 6.45) is 2.29. The van der Waals surface area contributed by atoms with Crippen molar-refractivity contribution < 1.29 is 33.6 Å². The number of aliphatic hydroxyl groups is 1. The highest BCUT2D eigenvalue weighted by molar-refractivity contribution is 6.05. The topological polar surface area (TPSA) is 115 Å². The summed E-state index contributed by atoms with van der Waals surface area (Å²) in [7, 11) is 0. The Morgan fingerprint density at radius 2 is 1.69 bits per heavy atom. The second-order valence-electron chi connectivity index (χ2n) is 9.04. The van der Waals surface area contributed by atoms with E-state index in [0.717, 1.165) is 17.1 Å². The summed E-state index contributed by atoms with van der Waals surface area (Å²) in [4.78, 5) is 25.6. The first kappa shape index (κ1) is 27.5. The van der Waals surface area contributed by atoms with Gasteiger partial charge in [0.05, 0.1) is 19.3 Å². The standard InChI is InChI=1S/C30H32N2O7/c1-20(2)39-25-8-3-21(4-9-25)17-26(30(35)31-14-15-33)32-29(34)23-6-10-24(11-7-23)36-16-13-22-5-12-27-28(18-22)38-19-37-27/h3-12,17-18,20,33H,13-16,19H2,1-2H3,(H,31,35)(H,32,34). The van der Waals surface area contributed by atoms with E-state index in [4.69, 9.17) is 24.1 Å². The Hall–Kier alpha value is -4.50. The van der Waals surface area contributed by atoms with Crippen LogP contribution in [-0.2, 0) is 11.2 Å². The van der Waals surface area contributed by atoms with Crippen LogP contribution in [0.25, 0.3) is 6.08 Å². The average molecular weight is 533 g/mol. The number of rotatable bonds is 12. The van der Waals surface area contributed by atoms with Gasteiger partial charge in [-0.2, -0.15) is 0 Å².